The number of aryl methyl sites for hydroxylation is 1. The predicted octanol–water partition coefficient (Wildman–Crippen LogP) is 3.61. The maximum Gasteiger partial charge on any atom is 0.187 e. The molecule has 2 heteroatoms. The summed E-state index contributed by atoms with van der Waals surface area (Å²) >= 11 is 0. The van der Waals surface area contributed by atoms with Gasteiger partial charge in [0.1, 0.15) is 0 Å². The fourth-order valence-corrected chi connectivity index (χ4v) is 1.44. The van der Waals surface area contributed by atoms with Crippen molar-refractivity contribution in [2.45, 2.75) is 6.92 Å². The lowest BCUT2D eigenvalue weighted by Crippen LogP contribution is -1.85. The van der Waals surface area contributed by atoms with Crippen LogP contribution in [-0.4, -0.2) is 4.98 Å². The van der Waals surface area contributed by atoms with Crippen LogP contribution in [0.4, 0.5) is 5.69 Å². The predicted molar refractivity (Wildman–Crippen MR) is 60.7 cm³/mol. The van der Waals surface area contributed by atoms with E-state index in [1.807, 2.05) is 43.3 Å². The van der Waals surface area contributed by atoms with Crippen LogP contribution < -0.4 is 0 Å². The third-order valence-corrected chi connectivity index (χ3v) is 2.16. The van der Waals surface area contributed by atoms with E-state index in [9.17, 15) is 0 Å². The van der Waals surface area contributed by atoms with Crippen LogP contribution in [0.25, 0.3) is 16.1 Å². The molecular weight excluding hydrogens is 184 g/mol. The van der Waals surface area contributed by atoms with Crippen molar-refractivity contribution >= 4 is 5.69 Å². The van der Waals surface area contributed by atoms with E-state index < -0.39 is 0 Å². The Morgan fingerprint density at radius 2 is 1.93 bits per heavy atom. The van der Waals surface area contributed by atoms with Gasteiger partial charge >= 0.3 is 0 Å². The summed E-state index contributed by atoms with van der Waals surface area (Å²) in [5.41, 5.74) is 3.55. The Labute approximate surface area is 89.0 Å². The summed E-state index contributed by atoms with van der Waals surface area (Å²) in [6.45, 7) is 8.91. The van der Waals surface area contributed by atoms with Crippen molar-refractivity contribution in [1.29, 1.82) is 0 Å². The summed E-state index contributed by atoms with van der Waals surface area (Å²) in [6.07, 6.45) is 0. The Morgan fingerprint density at radius 3 is 2.67 bits per heavy atom. The van der Waals surface area contributed by atoms with Crippen LogP contribution in [0, 0.1) is 13.5 Å². The first-order valence-electron chi connectivity index (χ1n) is 4.71. The van der Waals surface area contributed by atoms with Crippen LogP contribution in [0.3, 0.4) is 0 Å². The molecule has 0 aliphatic carbocycles. The number of nitrogens with zero attached hydrogens (tertiary/aromatic N) is 2. The van der Waals surface area contributed by atoms with E-state index in [0.717, 1.165) is 17.0 Å². The van der Waals surface area contributed by atoms with E-state index in [4.69, 9.17) is 6.57 Å². The van der Waals surface area contributed by atoms with Gasteiger partial charge < -0.3 is 0 Å². The zero-order chi connectivity index (χ0) is 10.7. The van der Waals surface area contributed by atoms with E-state index in [-0.39, 0.29) is 0 Å². The first-order chi connectivity index (χ1) is 7.29. The van der Waals surface area contributed by atoms with Crippen LogP contribution in [0.2, 0.25) is 0 Å². The summed E-state index contributed by atoms with van der Waals surface area (Å²) in [5.74, 6) is 0. The third kappa shape index (κ3) is 2.03. The molecule has 0 amide bonds. The van der Waals surface area contributed by atoms with Crippen LogP contribution >= 0.6 is 0 Å². The molecule has 2 aromatic rings. The number of benzene rings is 1. The van der Waals surface area contributed by atoms with Crippen LogP contribution in [0.1, 0.15) is 5.69 Å². The topological polar surface area (TPSA) is 17.2 Å². The minimum atomic E-state index is 0.649. The van der Waals surface area contributed by atoms with Crippen molar-refractivity contribution in [1.82, 2.24) is 4.98 Å². The highest BCUT2D eigenvalue weighted by atomic mass is 14.7. The molecule has 1 aromatic carbocycles. The second kappa shape index (κ2) is 3.93. The lowest BCUT2D eigenvalue weighted by molar-refractivity contribution is 1.21. The molecule has 0 saturated heterocycles. The van der Waals surface area contributed by atoms with Gasteiger partial charge in [-0.25, -0.2) is 4.85 Å². The number of aromatic nitrogens is 1. The van der Waals surface area contributed by atoms with E-state index in [1.165, 1.54) is 0 Å². The first kappa shape index (κ1) is 9.42. The smallest absolute Gasteiger partial charge is 0.187 e. The van der Waals surface area contributed by atoms with Crippen molar-refractivity contribution in [2.24, 2.45) is 0 Å². The summed E-state index contributed by atoms with van der Waals surface area (Å²) < 4.78 is 0. The van der Waals surface area contributed by atoms with Gasteiger partial charge in [-0.3, -0.25) is 4.98 Å². The molecule has 72 valence electrons. The first-order valence-corrected chi connectivity index (χ1v) is 4.71. The lowest BCUT2D eigenvalue weighted by Gasteiger charge is -2.01. The standard InChI is InChI=1S/C13H10N2/c1-10-5-3-8-13(15-10)11-6-4-7-12(9-11)14-2/h3-9H,1H3. The quantitative estimate of drug-likeness (QED) is 0.634. The van der Waals surface area contributed by atoms with E-state index >= 15 is 0 Å². The van der Waals surface area contributed by atoms with Crippen molar-refractivity contribution < 1.29 is 0 Å². The van der Waals surface area contributed by atoms with Crippen LogP contribution in [0.15, 0.2) is 42.5 Å². The molecule has 0 bridgehead atoms. The van der Waals surface area contributed by atoms with Gasteiger partial charge in [0.25, 0.3) is 0 Å². The molecule has 0 spiro atoms. The average molecular weight is 194 g/mol. The Morgan fingerprint density at radius 1 is 1.13 bits per heavy atom. The maximum atomic E-state index is 6.95. The van der Waals surface area contributed by atoms with E-state index in [0.29, 0.717) is 5.69 Å². The molecule has 0 radical (unpaired) electrons. The van der Waals surface area contributed by atoms with Gasteiger partial charge in [-0.2, -0.15) is 0 Å². The van der Waals surface area contributed by atoms with Crippen LogP contribution in [0.5, 0.6) is 0 Å². The molecule has 1 heterocycles. The highest BCUT2D eigenvalue weighted by molar-refractivity contribution is 5.65. The molecule has 0 unspecified atom stereocenters. The summed E-state index contributed by atoms with van der Waals surface area (Å²) in [6, 6.07) is 13.4. The number of hydrogen-bond acceptors (Lipinski definition) is 1. The second-order valence-electron chi connectivity index (χ2n) is 3.33. The fraction of sp³-hybridized carbons (Fsp3) is 0.0769. The van der Waals surface area contributed by atoms with E-state index in [1.54, 1.807) is 6.07 Å². The molecule has 15 heavy (non-hydrogen) atoms. The molecule has 0 saturated carbocycles. The minimum absolute atomic E-state index is 0.649. The third-order valence-electron chi connectivity index (χ3n) is 2.16. The molecule has 2 rings (SSSR count). The van der Waals surface area contributed by atoms with Gasteiger partial charge in [0, 0.05) is 5.69 Å². The van der Waals surface area contributed by atoms with Gasteiger partial charge in [0.2, 0.25) is 0 Å². The Hall–Kier alpha value is -2.14. The highest BCUT2D eigenvalue weighted by Crippen LogP contribution is 2.22. The number of hydrogen-bond donors (Lipinski definition) is 0. The fourth-order valence-electron chi connectivity index (χ4n) is 1.44. The number of pyridine rings is 1. The summed E-state index contributed by atoms with van der Waals surface area (Å²) in [7, 11) is 0. The van der Waals surface area contributed by atoms with Crippen molar-refractivity contribution in [3.63, 3.8) is 0 Å². The van der Waals surface area contributed by atoms with Gasteiger partial charge in [-0.15, -0.1) is 0 Å². The van der Waals surface area contributed by atoms with Gasteiger partial charge in [-0.05, 0) is 30.7 Å². The molecule has 1 aromatic heterocycles. The lowest BCUT2D eigenvalue weighted by atomic mass is 10.1. The molecular formula is C13H10N2. The summed E-state index contributed by atoms with van der Waals surface area (Å²) in [5, 5.41) is 0. The van der Waals surface area contributed by atoms with Crippen molar-refractivity contribution in [2.75, 3.05) is 0 Å². The molecule has 0 fully saturated rings. The molecule has 2 nitrogen and oxygen atoms in total. The molecule has 0 atom stereocenters. The Balaban J connectivity index is 2.50. The second-order valence-corrected chi connectivity index (χ2v) is 3.33. The zero-order valence-electron chi connectivity index (χ0n) is 8.44. The monoisotopic (exact) mass is 194 g/mol. The SMILES string of the molecule is [C-]#[N+]c1cccc(-c2cccc(C)n2)c1. The van der Waals surface area contributed by atoms with Gasteiger partial charge in [-0.1, -0.05) is 24.3 Å². The minimum Gasteiger partial charge on any atom is -0.253 e. The maximum absolute atomic E-state index is 6.95. The average Bonchev–Trinajstić information content (AvgIpc) is 2.29. The van der Waals surface area contributed by atoms with Gasteiger partial charge in [0.05, 0.1) is 12.3 Å². The molecule has 0 aliphatic heterocycles. The van der Waals surface area contributed by atoms with E-state index in [2.05, 4.69) is 9.83 Å². The Kier molecular flexibility index (Phi) is 2.47. The van der Waals surface area contributed by atoms with Crippen molar-refractivity contribution in [3.8, 4) is 11.3 Å². The number of rotatable bonds is 1. The van der Waals surface area contributed by atoms with Crippen LogP contribution in [-0.2, 0) is 0 Å². The zero-order valence-corrected chi connectivity index (χ0v) is 8.44. The molecule has 0 N–H and O–H groups in total. The molecule has 0 aliphatic rings. The Bertz CT molecular complexity index is 524. The summed E-state index contributed by atoms with van der Waals surface area (Å²) in [4.78, 5) is 7.82. The normalized spacial score (nSPS) is 9.60. The largest absolute Gasteiger partial charge is 0.253 e. The van der Waals surface area contributed by atoms with Gasteiger partial charge in [0.15, 0.2) is 5.69 Å². The van der Waals surface area contributed by atoms with Crippen molar-refractivity contribution in [3.05, 3.63) is 59.6 Å². The highest BCUT2D eigenvalue weighted by Gasteiger charge is 1.99.